The Balaban J connectivity index is 1.81. The van der Waals surface area contributed by atoms with Crippen LogP contribution in [0, 0.1) is 11.6 Å². The van der Waals surface area contributed by atoms with E-state index in [1.165, 1.54) is 6.07 Å². The molecule has 1 aromatic heterocycles. The molecule has 0 saturated carbocycles. The van der Waals surface area contributed by atoms with Crippen molar-refractivity contribution in [2.75, 3.05) is 5.32 Å². The van der Waals surface area contributed by atoms with Gasteiger partial charge in [-0.2, -0.15) is 0 Å². The Kier molecular flexibility index (Phi) is 3.25. The molecule has 0 spiro atoms. The van der Waals surface area contributed by atoms with Crippen LogP contribution >= 0.6 is 0 Å². The molecule has 3 nitrogen and oxygen atoms in total. The fourth-order valence-corrected chi connectivity index (χ4v) is 1.95. The van der Waals surface area contributed by atoms with Crippen molar-refractivity contribution in [1.82, 2.24) is 9.97 Å². The second-order valence-electron chi connectivity index (χ2n) is 4.35. The van der Waals surface area contributed by atoms with Crippen molar-refractivity contribution in [3.8, 4) is 0 Å². The normalized spacial score (nSPS) is 10.7. The van der Waals surface area contributed by atoms with Crippen LogP contribution < -0.4 is 5.32 Å². The van der Waals surface area contributed by atoms with Gasteiger partial charge in [0.05, 0.1) is 11.0 Å². The highest BCUT2D eigenvalue weighted by Crippen LogP contribution is 2.17. The van der Waals surface area contributed by atoms with Gasteiger partial charge in [0.15, 0.2) is 0 Å². The number of aromatic nitrogens is 2. The molecule has 0 fully saturated rings. The number of nitrogens with one attached hydrogen (secondary N) is 1. The van der Waals surface area contributed by atoms with Crippen LogP contribution in [0.1, 0.15) is 5.56 Å². The van der Waals surface area contributed by atoms with Gasteiger partial charge in [0.2, 0.25) is 0 Å². The van der Waals surface area contributed by atoms with Crippen molar-refractivity contribution >= 4 is 16.7 Å². The van der Waals surface area contributed by atoms with Gasteiger partial charge in [-0.15, -0.1) is 0 Å². The maximum Gasteiger partial charge on any atom is 0.128 e. The summed E-state index contributed by atoms with van der Waals surface area (Å²) in [4.78, 5) is 8.36. The van der Waals surface area contributed by atoms with E-state index in [2.05, 4.69) is 15.3 Å². The van der Waals surface area contributed by atoms with Gasteiger partial charge < -0.3 is 5.32 Å². The number of hydrogen-bond donors (Lipinski definition) is 1. The SMILES string of the molecule is Fc1ccc(F)c(CNc2ccc3nccnc3c2)c1. The van der Waals surface area contributed by atoms with Crippen molar-refractivity contribution in [3.63, 3.8) is 0 Å². The summed E-state index contributed by atoms with van der Waals surface area (Å²) in [6, 6.07) is 8.88. The number of anilines is 1. The molecule has 20 heavy (non-hydrogen) atoms. The van der Waals surface area contributed by atoms with Crippen molar-refractivity contribution in [1.29, 1.82) is 0 Å². The predicted molar refractivity (Wildman–Crippen MR) is 73.2 cm³/mol. The molecule has 2 aromatic carbocycles. The van der Waals surface area contributed by atoms with Crippen molar-refractivity contribution in [2.45, 2.75) is 6.54 Å². The first-order valence-electron chi connectivity index (χ1n) is 6.11. The zero-order valence-corrected chi connectivity index (χ0v) is 10.5. The molecule has 0 bridgehead atoms. The monoisotopic (exact) mass is 271 g/mol. The molecular weight excluding hydrogens is 260 g/mol. The fourth-order valence-electron chi connectivity index (χ4n) is 1.95. The molecule has 3 aromatic rings. The van der Waals surface area contributed by atoms with Crippen LogP contribution in [0.25, 0.3) is 11.0 Å². The minimum absolute atomic E-state index is 0.204. The average molecular weight is 271 g/mol. The van der Waals surface area contributed by atoms with E-state index in [9.17, 15) is 8.78 Å². The number of hydrogen-bond acceptors (Lipinski definition) is 3. The fraction of sp³-hybridized carbons (Fsp3) is 0.0667. The van der Waals surface area contributed by atoms with Crippen LogP contribution in [0.4, 0.5) is 14.5 Å². The summed E-state index contributed by atoms with van der Waals surface area (Å²) in [6.07, 6.45) is 3.23. The number of halogens is 2. The quantitative estimate of drug-likeness (QED) is 0.792. The molecule has 3 rings (SSSR count). The Morgan fingerprint density at radius 3 is 2.55 bits per heavy atom. The third kappa shape index (κ3) is 2.56. The topological polar surface area (TPSA) is 37.8 Å². The van der Waals surface area contributed by atoms with E-state index in [1.807, 2.05) is 18.2 Å². The maximum absolute atomic E-state index is 13.5. The van der Waals surface area contributed by atoms with E-state index in [-0.39, 0.29) is 12.1 Å². The van der Waals surface area contributed by atoms with Crippen LogP contribution in [-0.4, -0.2) is 9.97 Å². The number of nitrogens with zero attached hydrogens (tertiary/aromatic N) is 2. The highest BCUT2D eigenvalue weighted by atomic mass is 19.1. The van der Waals surface area contributed by atoms with Crippen LogP contribution in [0.3, 0.4) is 0 Å². The van der Waals surface area contributed by atoms with Gasteiger partial charge in [-0.3, -0.25) is 9.97 Å². The highest BCUT2D eigenvalue weighted by Gasteiger charge is 2.04. The first kappa shape index (κ1) is 12.5. The Labute approximate surface area is 114 Å². The van der Waals surface area contributed by atoms with E-state index in [1.54, 1.807) is 12.4 Å². The van der Waals surface area contributed by atoms with Crippen LogP contribution in [0.15, 0.2) is 48.8 Å². The third-order valence-electron chi connectivity index (χ3n) is 2.96. The molecule has 0 atom stereocenters. The Bertz CT molecular complexity index is 759. The summed E-state index contributed by atoms with van der Waals surface area (Å²) < 4.78 is 26.6. The lowest BCUT2D eigenvalue weighted by atomic mass is 10.2. The van der Waals surface area contributed by atoms with E-state index in [0.29, 0.717) is 0 Å². The lowest BCUT2D eigenvalue weighted by Gasteiger charge is -2.08. The zero-order chi connectivity index (χ0) is 13.9. The van der Waals surface area contributed by atoms with Gasteiger partial charge in [-0.05, 0) is 36.4 Å². The molecule has 5 heteroatoms. The predicted octanol–water partition coefficient (Wildman–Crippen LogP) is 3.52. The summed E-state index contributed by atoms with van der Waals surface area (Å²) in [5, 5.41) is 3.05. The number of rotatable bonds is 3. The zero-order valence-electron chi connectivity index (χ0n) is 10.5. The molecular formula is C15H11F2N3. The summed E-state index contributed by atoms with van der Waals surface area (Å²) in [7, 11) is 0. The summed E-state index contributed by atoms with van der Waals surface area (Å²) >= 11 is 0. The van der Waals surface area contributed by atoms with E-state index >= 15 is 0 Å². The van der Waals surface area contributed by atoms with Gasteiger partial charge in [0.1, 0.15) is 11.6 Å². The minimum atomic E-state index is -0.451. The largest absolute Gasteiger partial charge is 0.381 e. The first-order valence-corrected chi connectivity index (χ1v) is 6.11. The van der Waals surface area contributed by atoms with Crippen molar-refractivity contribution in [2.24, 2.45) is 0 Å². The van der Waals surface area contributed by atoms with Crippen LogP contribution in [-0.2, 0) is 6.54 Å². The van der Waals surface area contributed by atoms with Crippen molar-refractivity contribution in [3.05, 3.63) is 66.0 Å². The second-order valence-corrected chi connectivity index (χ2v) is 4.35. The molecule has 1 N–H and O–H groups in total. The molecule has 100 valence electrons. The third-order valence-corrected chi connectivity index (χ3v) is 2.96. The van der Waals surface area contributed by atoms with Gasteiger partial charge in [-0.1, -0.05) is 0 Å². The summed E-state index contributed by atoms with van der Waals surface area (Å²) in [5.74, 6) is -0.882. The molecule has 0 saturated heterocycles. The Morgan fingerprint density at radius 1 is 0.900 bits per heavy atom. The number of benzene rings is 2. The van der Waals surface area contributed by atoms with Crippen molar-refractivity contribution < 1.29 is 8.78 Å². The molecule has 0 amide bonds. The minimum Gasteiger partial charge on any atom is -0.381 e. The van der Waals surface area contributed by atoms with Crippen LogP contribution in [0.2, 0.25) is 0 Å². The molecule has 0 radical (unpaired) electrons. The molecule has 0 aliphatic rings. The number of fused-ring (bicyclic) bond motifs is 1. The molecule has 0 aliphatic heterocycles. The molecule has 0 unspecified atom stereocenters. The summed E-state index contributed by atoms with van der Waals surface area (Å²) in [5.41, 5.74) is 2.60. The first-order chi connectivity index (χ1) is 9.72. The van der Waals surface area contributed by atoms with Gasteiger partial charge in [0, 0.05) is 30.2 Å². The van der Waals surface area contributed by atoms with E-state index in [0.717, 1.165) is 28.9 Å². The maximum atomic E-state index is 13.5. The lowest BCUT2D eigenvalue weighted by molar-refractivity contribution is 0.587. The Morgan fingerprint density at radius 2 is 1.70 bits per heavy atom. The van der Waals surface area contributed by atoms with Gasteiger partial charge in [-0.25, -0.2) is 8.78 Å². The summed E-state index contributed by atoms with van der Waals surface area (Å²) in [6.45, 7) is 0.204. The van der Waals surface area contributed by atoms with Gasteiger partial charge >= 0.3 is 0 Å². The second kappa shape index (κ2) is 5.21. The lowest BCUT2D eigenvalue weighted by Crippen LogP contribution is -2.02. The van der Waals surface area contributed by atoms with E-state index in [4.69, 9.17) is 0 Å². The Hall–Kier alpha value is -2.56. The van der Waals surface area contributed by atoms with Crippen LogP contribution in [0.5, 0.6) is 0 Å². The van der Waals surface area contributed by atoms with Gasteiger partial charge in [0.25, 0.3) is 0 Å². The molecule has 0 aliphatic carbocycles. The standard InChI is InChI=1S/C15H11F2N3/c16-11-1-3-13(17)10(7-11)9-20-12-2-4-14-15(8-12)19-6-5-18-14/h1-8,20H,9H2. The average Bonchev–Trinajstić information content (AvgIpc) is 2.48. The molecule has 1 heterocycles. The van der Waals surface area contributed by atoms with E-state index < -0.39 is 11.6 Å². The highest BCUT2D eigenvalue weighted by molar-refractivity contribution is 5.78. The smallest absolute Gasteiger partial charge is 0.128 e.